The third-order valence-electron chi connectivity index (χ3n) is 5.18. The van der Waals surface area contributed by atoms with E-state index in [1.807, 2.05) is 31.2 Å². The summed E-state index contributed by atoms with van der Waals surface area (Å²) >= 11 is 3.36. The number of hydrogen-bond acceptors (Lipinski definition) is 6. The minimum atomic E-state index is -4.04. The first-order chi connectivity index (χ1) is 14.2. The van der Waals surface area contributed by atoms with Crippen LogP contribution in [0, 0.1) is 0 Å². The Morgan fingerprint density at radius 3 is 2.43 bits per heavy atom. The van der Waals surface area contributed by atoms with Crippen molar-refractivity contribution < 1.29 is 23.2 Å². The molecule has 160 valence electrons. The van der Waals surface area contributed by atoms with Crippen molar-refractivity contribution in [3.8, 4) is 0 Å². The summed E-state index contributed by atoms with van der Waals surface area (Å²) in [5.74, 6) is -1.32. The highest BCUT2D eigenvalue weighted by Crippen LogP contribution is 2.38. The van der Waals surface area contributed by atoms with Gasteiger partial charge in [-0.2, -0.15) is 0 Å². The van der Waals surface area contributed by atoms with Gasteiger partial charge in [0.1, 0.15) is 0 Å². The van der Waals surface area contributed by atoms with Gasteiger partial charge in [0, 0.05) is 23.1 Å². The lowest BCUT2D eigenvalue weighted by atomic mass is 10.1. The second kappa shape index (κ2) is 8.75. The molecule has 2 unspecified atom stereocenters. The van der Waals surface area contributed by atoms with E-state index in [1.54, 1.807) is 11.8 Å². The maximum atomic E-state index is 13.0. The summed E-state index contributed by atoms with van der Waals surface area (Å²) in [6.45, 7) is 4.17. The van der Waals surface area contributed by atoms with Crippen molar-refractivity contribution in [2.24, 2.45) is 0 Å². The normalized spacial score (nSPS) is 19.7. The van der Waals surface area contributed by atoms with Gasteiger partial charge in [0.15, 0.2) is 15.1 Å². The second-order valence-corrected chi connectivity index (χ2v) is 9.91. The Morgan fingerprint density at radius 1 is 1.17 bits per heavy atom. The number of rotatable bonds is 5. The Morgan fingerprint density at radius 2 is 1.83 bits per heavy atom. The summed E-state index contributed by atoms with van der Waals surface area (Å²) < 4.78 is 26.9. The number of hydroxylamine groups is 1. The fourth-order valence-corrected chi connectivity index (χ4v) is 5.93. The molecule has 0 bridgehead atoms. The molecule has 2 amide bonds. The summed E-state index contributed by atoms with van der Waals surface area (Å²) in [7, 11) is -4.04. The number of carbonyl (C=O) groups is 2. The summed E-state index contributed by atoms with van der Waals surface area (Å²) in [4.78, 5) is 26.4. The van der Waals surface area contributed by atoms with Crippen LogP contribution in [0.2, 0.25) is 0 Å². The summed E-state index contributed by atoms with van der Waals surface area (Å²) in [5, 5.41) is 10.4. The zero-order valence-corrected chi connectivity index (χ0v) is 18.8. The Hall–Kier alpha value is -2.43. The van der Waals surface area contributed by atoms with E-state index < -0.39 is 27.0 Å². The molecule has 30 heavy (non-hydrogen) atoms. The van der Waals surface area contributed by atoms with E-state index in [1.165, 1.54) is 23.7 Å². The number of anilines is 1. The molecule has 2 atom stereocenters. The number of fused-ring (bicyclic) bond motifs is 1. The summed E-state index contributed by atoms with van der Waals surface area (Å²) in [6, 6.07) is 11.1. The monoisotopic (exact) mass is 495 g/mol. The molecule has 3 rings (SSSR count). The Labute approximate surface area is 183 Å². The first-order valence-corrected chi connectivity index (χ1v) is 11.7. The molecule has 1 heterocycles. The molecule has 0 radical (unpaired) electrons. The van der Waals surface area contributed by atoms with Crippen molar-refractivity contribution in [2.75, 3.05) is 11.4 Å². The number of amides is 2. The number of halogens is 1. The standard InChI is InChI=1S/C20H22BrN3O5S/c1-3-24-12(2)18(20(26)23-27)30(28,29)17-9-6-14(10-16(17)24)19(25)22-11-13-4-7-15(21)8-5-13/h4-10,12,18,27H,3,11H2,1-2H3,(H,22,25)(H,23,26). The number of nitrogens with one attached hydrogen (secondary N) is 2. The van der Waals surface area contributed by atoms with Crippen LogP contribution in [0.5, 0.6) is 0 Å². The quantitative estimate of drug-likeness (QED) is 0.432. The van der Waals surface area contributed by atoms with Gasteiger partial charge >= 0.3 is 0 Å². The molecule has 1 aliphatic heterocycles. The van der Waals surface area contributed by atoms with Crippen LogP contribution >= 0.6 is 15.9 Å². The SMILES string of the molecule is CCN1c2cc(C(=O)NCc3ccc(Br)cc3)ccc2S(=O)(=O)C(C(=O)NO)C1C. The molecule has 8 nitrogen and oxygen atoms in total. The van der Waals surface area contributed by atoms with E-state index >= 15 is 0 Å². The van der Waals surface area contributed by atoms with E-state index in [-0.39, 0.29) is 10.8 Å². The number of benzene rings is 2. The van der Waals surface area contributed by atoms with E-state index in [4.69, 9.17) is 5.21 Å². The molecule has 2 aromatic rings. The van der Waals surface area contributed by atoms with Crippen LogP contribution in [-0.2, 0) is 21.2 Å². The first kappa shape index (κ1) is 22.3. The third-order valence-corrected chi connectivity index (χ3v) is 7.94. The Balaban J connectivity index is 1.91. The maximum absolute atomic E-state index is 13.0. The number of hydrogen-bond donors (Lipinski definition) is 3. The first-order valence-electron chi connectivity index (χ1n) is 9.32. The van der Waals surface area contributed by atoms with Crippen molar-refractivity contribution in [3.05, 3.63) is 58.1 Å². The lowest BCUT2D eigenvalue weighted by Gasteiger charge is -2.40. The highest BCUT2D eigenvalue weighted by molar-refractivity contribution is 9.10. The highest BCUT2D eigenvalue weighted by atomic mass is 79.9. The van der Waals surface area contributed by atoms with E-state index in [0.29, 0.717) is 24.3 Å². The van der Waals surface area contributed by atoms with Crippen LogP contribution in [0.3, 0.4) is 0 Å². The van der Waals surface area contributed by atoms with Gasteiger partial charge in [-0.15, -0.1) is 0 Å². The van der Waals surface area contributed by atoms with Crippen molar-refractivity contribution in [3.63, 3.8) is 0 Å². The molecule has 0 saturated carbocycles. The average Bonchev–Trinajstić information content (AvgIpc) is 2.72. The minimum absolute atomic E-state index is 0.0412. The van der Waals surface area contributed by atoms with Gasteiger partial charge in [-0.3, -0.25) is 14.8 Å². The van der Waals surface area contributed by atoms with E-state index in [2.05, 4.69) is 21.2 Å². The molecular weight excluding hydrogens is 474 g/mol. The predicted molar refractivity (Wildman–Crippen MR) is 115 cm³/mol. The van der Waals surface area contributed by atoms with Gasteiger partial charge in [-0.05, 0) is 49.7 Å². The molecule has 0 spiro atoms. The van der Waals surface area contributed by atoms with Crippen LogP contribution in [0.1, 0.15) is 29.8 Å². The molecular formula is C20H22BrN3O5S. The predicted octanol–water partition coefficient (Wildman–Crippen LogP) is 2.26. The number of sulfone groups is 1. The van der Waals surface area contributed by atoms with Gasteiger partial charge in [-0.25, -0.2) is 13.9 Å². The van der Waals surface area contributed by atoms with Gasteiger partial charge < -0.3 is 10.2 Å². The molecule has 0 saturated heterocycles. The summed E-state index contributed by atoms with van der Waals surface area (Å²) in [6.07, 6.45) is 0. The van der Waals surface area contributed by atoms with Crippen molar-refractivity contribution in [1.29, 1.82) is 0 Å². The van der Waals surface area contributed by atoms with Crippen molar-refractivity contribution >= 4 is 43.3 Å². The molecule has 0 aromatic heterocycles. The zero-order valence-electron chi connectivity index (χ0n) is 16.4. The average molecular weight is 496 g/mol. The largest absolute Gasteiger partial charge is 0.366 e. The smallest absolute Gasteiger partial charge is 0.264 e. The lowest BCUT2D eigenvalue weighted by molar-refractivity contribution is -0.129. The third kappa shape index (κ3) is 4.07. The van der Waals surface area contributed by atoms with Crippen LogP contribution in [0.15, 0.2) is 51.8 Å². The minimum Gasteiger partial charge on any atom is -0.366 e. The van der Waals surface area contributed by atoms with Crippen LogP contribution in [0.4, 0.5) is 5.69 Å². The molecule has 0 aliphatic carbocycles. The molecule has 1 aliphatic rings. The van der Waals surface area contributed by atoms with E-state index in [9.17, 15) is 18.0 Å². The van der Waals surface area contributed by atoms with Crippen molar-refractivity contribution in [1.82, 2.24) is 10.8 Å². The highest BCUT2D eigenvalue weighted by Gasteiger charge is 2.46. The second-order valence-electron chi connectivity index (χ2n) is 6.96. The van der Waals surface area contributed by atoms with Crippen LogP contribution < -0.4 is 15.7 Å². The topological polar surface area (TPSA) is 116 Å². The van der Waals surface area contributed by atoms with Gasteiger partial charge in [-0.1, -0.05) is 28.1 Å². The molecule has 2 aromatic carbocycles. The number of carbonyl (C=O) groups excluding carboxylic acids is 2. The Kier molecular flexibility index (Phi) is 6.49. The van der Waals surface area contributed by atoms with Gasteiger partial charge in [0.25, 0.3) is 11.8 Å². The fraction of sp³-hybridized carbons (Fsp3) is 0.300. The molecule has 10 heteroatoms. The van der Waals surface area contributed by atoms with Crippen molar-refractivity contribution in [2.45, 2.75) is 36.6 Å². The van der Waals surface area contributed by atoms with E-state index in [0.717, 1.165) is 10.0 Å². The summed E-state index contributed by atoms with van der Waals surface area (Å²) in [5.41, 5.74) is 3.06. The van der Waals surface area contributed by atoms with Crippen LogP contribution in [0.25, 0.3) is 0 Å². The Bertz CT molecular complexity index is 1070. The van der Waals surface area contributed by atoms with Gasteiger partial charge in [0.2, 0.25) is 0 Å². The molecule has 0 fully saturated rings. The van der Waals surface area contributed by atoms with Crippen LogP contribution in [-0.4, -0.2) is 43.3 Å². The van der Waals surface area contributed by atoms with Gasteiger partial charge in [0.05, 0.1) is 16.6 Å². The zero-order chi connectivity index (χ0) is 22.1. The molecule has 3 N–H and O–H groups in total. The maximum Gasteiger partial charge on any atom is 0.264 e. The number of nitrogens with zero attached hydrogens (tertiary/aromatic N) is 1. The fourth-order valence-electron chi connectivity index (χ4n) is 3.67. The lowest BCUT2D eigenvalue weighted by Crippen LogP contribution is -2.56.